The van der Waals surface area contributed by atoms with Crippen molar-refractivity contribution in [2.24, 2.45) is 0 Å². The summed E-state index contributed by atoms with van der Waals surface area (Å²) < 4.78 is 1.14. The number of hydrogen-bond acceptors (Lipinski definition) is 3. The maximum absolute atomic E-state index is 11.2. The van der Waals surface area contributed by atoms with E-state index >= 15 is 0 Å². The number of thioether (sulfide) groups is 1. The Kier molecular flexibility index (Phi) is 5.07. The lowest BCUT2D eigenvalue weighted by molar-refractivity contribution is -0.118. The molecule has 0 aromatic carbocycles. The molecule has 0 aliphatic heterocycles. The zero-order valence-electron chi connectivity index (χ0n) is 7.46. The number of rotatable bonds is 5. The number of halogens is 1. The molecule has 14 heavy (non-hydrogen) atoms. The molecule has 0 unspecified atom stereocenters. The van der Waals surface area contributed by atoms with Gasteiger partial charge in [-0.15, -0.1) is 23.1 Å². The van der Waals surface area contributed by atoms with Crippen LogP contribution in [0.4, 0.5) is 0 Å². The van der Waals surface area contributed by atoms with Crippen molar-refractivity contribution in [1.82, 2.24) is 5.32 Å². The van der Waals surface area contributed by atoms with Crippen LogP contribution in [-0.4, -0.2) is 18.2 Å². The molecule has 0 aliphatic carbocycles. The van der Waals surface area contributed by atoms with Crippen LogP contribution in [0.3, 0.4) is 0 Å². The zero-order chi connectivity index (χ0) is 10.4. The van der Waals surface area contributed by atoms with Crippen molar-refractivity contribution < 1.29 is 4.79 Å². The summed E-state index contributed by atoms with van der Waals surface area (Å²) in [6, 6.07) is 3.95. The highest BCUT2D eigenvalue weighted by atomic mass is 35.5. The average molecular weight is 248 g/mol. The first-order valence-corrected chi connectivity index (χ1v) is 6.19. The van der Waals surface area contributed by atoms with E-state index in [4.69, 9.17) is 11.6 Å². The number of hydrogen-bond donors (Lipinski definition) is 1. The standard InChI is InChI=1S/C9H10ClNOS2/c1-7(10)5-11-8(12)6-14-9-3-2-4-13-9/h2-4H,1,5-6H2,(H,11,12). The molecule has 2 nitrogen and oxygen atoms in total. The number of carbonyl (C=O) groups excluding carboxylic acids is 1. The van der Waals surface area contributed by atoms with Gasteiger partial charge in [-0.3, -0.25) is 4.79 Å². The van der Waals surface area contributed by atoms with E-state index in [0.717, 1.165) is 4.21 Å². The van der Waals surface area contributed by atoms with Crippen LogP contribution in [-0.2, 0) is 4.79 Å². The maximum atomic E-state index is 11.2. The van der Waals surface area contributed by atoms with Crippen LogP contribution in [0, 0.1) is 0 Å². The normalized spacial score (nSPS) is 9.79. The number of nitrogens with one attached hydrogen (secondary N) is 1. The van der Waals surface area contributed by atoms with Gasteiger partial charge in [0.1, 0.15) is 0 Å². The minimum Gasteiger partial charge on any atom is -0.350 e. The molecule has 0 bridgehead atoms. The van der Waals surface area contributed by atoms with Gasteiger partial charge in [-0.05, 0) is 11.4 Å². The first kappa shape index (κ1) is 11.6. The molecule has 1 aromatic heterocycles. The predicted molar refractivity (Wildman–Crippen MR) is 63.0 cm³/mol. The fourth-order valence-electron chi connectivity index (χ4n) is 0.728. The second kappa shape index (κ2) is 6.11. The molecule has 0 radical (unpaired) electrons. The quantitative estimate of drug-likeness (QED) is 0.811. The summed E-state index contributed by atoms with van der Waals surface area (Å²) in [5, 5.41) is 5.09. The van der Waals surface area contributed by atoms with Gasteiger partial charge in [0.05, 0.1) is 16.5 Å². The van der Waals surface area contributed by atoms with Crippen LogP contribution in [0.2, 0.25) is 0 Å². The van der Waals surface area contributed by atoms with Gasteiger partial charge in [0.25, 0.3) is 0 Å². The molecule has 0 atom stereocenters. The van der Waals surface area contributed by atoms with Crippen molar-refractivity contribution in [3.05, 3.63) is 29.1 Å². The molecule has 0 fully saturated rings. The van der Waals surface area contributed by atoms with Crippen LogP contribution >= 0.6 is 34.7 Å². The predicted octanol–water partition coefficient (Wildman–Crippen LogP) is 2.71. The lowest BCUT2D eigenvalue weighted by Gasteiger charge is -2.01. The van der Waals surface area contributed by atoms with Crippen molar-refractivity contribution in [3.8, 4) is 0 Å². The molecule has 0 saturated carbocycles. The highest BCUT2D eigenvalue weighted by molar-refractivity contribution is 8.01. The van der Waals surface area contributed by atoms with Crippen LogP contribution < -0.4 is 5.32 Å². The van der Waals surface area contributed by atoms with E-state index < -0.39 is 0 Å². The second-order valence-electron chi connectivity index (χ2n) is 2.51. The van der Waals surface area contributed by atoms with E-state index in [2.05, 4.69) is 11.9 Å². The van der Waals surface area contributed by atoms with Crippen molar-refractivity contribution in [3.63, 3.8) is 0 Å². The van der Waals surface area contributed by atoms with Gasteiger partial charge < -0.3 is 5.32 Å². The van der Waals surface area contributed by atoms with Gasteiger partial charge in [-0.1, -0.05) is 24.2 Å². The minimum atomic E-state index is -0.0230. The summed E-state index contributed by atoms with van der Waals surface area (Å²) in [6.07, 6.45) is 0. The average Bonchev–Trinajstić information content (AvgIpc) is 2.63. The first-order valence-electron chi connectivity index (χ1n) is 3.95. The summed E-state index contributed by atoms with van der Waals surface area (Å²) >= 11 is 8.66. The largest absolute Gasteiger partial charge is 0.350 e. The van der Waals surface area contributed by atoms with Crippen molar-refractivity contribution in [2.75, 3.05) is 12.3 Å². The van der Waals surface area contributed by atoms with Gasteiger partial charge >= 0.3 is 0 Å². The summed E-state index contributed by atoms with van der Waals surface area (Å²) in [6.45, 7) is 3.82. The Labute approximate surface area is 96.3 Å². The third-order valence-electron chi connectivity index (χ3n) is 1.32. The number of thiophene rings is 1. The van der Waals surface area contributed by atoms with Crippen LogP contribution in [0.15, 0.2) is 33.3 Å². The van der Waals surface area contributed by atoms with Crippen LogP contribution in [0.1, 0.15) is 0 Å². The molecular weight excluding hydrogens is 238 g/mol. The first-order chi connectivity index (χ1) is 6.68. The molecule has 1 rings (SSSR count). The van der Waals surface area contributed by atoms with Gasteiger partial charge in [0, 0.05) is 5.03 Å². The summed E-state index contributed by atoms with van der Waals surface area (Å²) in [5.74, 6) is 0.398. The van der Waals surface area contributed by atoms with Crippen molar-refractivity contribution in [1.29, 1.82) is 0 Å². The van der Waals surface area contributed by atoms with Gasteiger partial charge in [-0.2, -0.15) is 0 Å². The summed E-state index contributed by atoms with van der Waals surface area (Å²) in [7, 11) is 0. The summed E-state index contributed by atoms with van der Waals surface area (Å²) in [5.41, 5.74) is 0. The fourth-order valence-corrected chi connectivity index (χ4v) is 2.41. The highest BCUT2D eigenvalue weighted by Crippen LogP contribution is 2.22. The van der Waals surface area contributed by atoms with E-state index in [1.807, 2.05) is 17.5 Å². The molecule has 0 spiro atoms. The van der Waals surface area contributed by atoms with E-state index in [1.54, 1.807) is 11.3 Å². The van der Waals surface area contributed by atoms with Crippen molar-refractivity contribution in [2.45, 2.75) is 4.21 Å². The Balaban J connectivity index is 2.18. The molecule has 76 valence electrons. The van der Waals surface area contributed by atoms with Crippen molar-refractivity contribution >= 4 is 40.6 Å². The smallest absolute Gasteiger partial charge is 0.230 e. The second-order valence-corrected chi connectivity index (χ2v) is 5.27. The number of carbonyl (C=O) groups is 1. The van der Waals surface area contributed by atoms with E-state index in [1.165, 1.54) is 11.8 Å². The SMILES string of the molecule is C=C(Cl)CNC(=O)CSc1cccs1. The third kappa shape index (κ3) is 4.69. The molecule has 1 heterocycles. The Morgan fingerprint density at radius 2 is 2.50 bits per heavy atom. The van der Waals surface area contributed by atoms with E-state index in [0.29, 0.717) is 17.3 Å². The molecule has 5 heteroatoms. The third-order valence-corrected chi connectivity index (χ3v) is 3.58. The summed E-state index contributed by atoms with van der Waals surface area (Å²) in [4.78, 5) is 11.2. The maximum Gasteiger partial charge on any atom is 0.230 e. The zero-order valence-corrected chi connectivity index (χ0v) is 9.85. The van der Waals surface area contributed by atoms with E-state index in [9.17, 15) is 4.79 Å². The van der Waals surface area contributed by atoms with Gasteiger partial charge in [0.2, 0.25) is 5.91 Å². The highest BCUT2D eigenvalue weighted by Gasteiger charge is 2.02. The molecule has 0 saturated heterocycles. The molecule has 1 aromatic rings. The lowest BCUT2D eigenvalue weighted by atomic mass is 10.6. The Morgan fingerprint density at radius 1 is 1.71 bits per heavy atom. The van der Waals surface area contributed by atoms with Gasteiger partial charge in [0.15, 0.2) is 0 Å². The Bertz CT molecular complexity index is 311. The molecule has 0 aliphatic rings. The molecule has 1 N–H and O–H groups in total. The topological polar surface area (TPSA) is 29.1 Å². The Morgan fingerprint density at radius 3 is 3.07 bits per heavy atom. The monoisotopic (exact) mass is 247 g/mol. The lowest BCUT2D eigenvalue weighted by Crippen LogP contribution is -2.26. The molecule has 1 amide bonds. The van der Waals surface area contributed by atoms with Crippen LogP contribution in [0.25, 0.3) is 0 Å². The fraction of sp³-hybridized carbons (Fsp3) is 0.222. The minimum absolute atomic E-state index is 0.0230. The molecular formula is C9H10ClNOS2. The van der Waals surface area contributed by atoms with Crippen LogP contribution in [0.5, 0.6) is 0 Å². The number of amides is 1. The van der Waals surface area contributed by atoms with Gasteiger partial charge in [-0.25, -0.2) is 0 Å². The Hall–Kier alpha value is -0.450. The van der Waals surface area contributed by atoms with E-state index in [-0.39, 0.29) is 5.91 Å².